The fraction of sp³-hybridized carbons (Fsp3) is 0.452. The summed E-state index contributed by atoms with van der Waals surface area (Å²) >= 11 is 0. The molecule has 0 spiro atoms. The second kappa shape index (κ2) is 16.4. The van der Waals surface area contributed by atoms with Crippen LogP contribution in [0.25, 0.3) is 0 Å². The van der Waals surface area contributed by atoms with Gasteiger partial charge in [0.15, 0.2) is 0 Å². The van der Waals surface area contributed by atoms with Crippen molar-refractivity contribution in [3.8, 4) is 0 Å². The number of halogens is 2. The predicted octanol–water partition coefficient (Wildman–Crippen LogP) is 2.36. The van der Waals surface area contributed by atoms with Gasteiger partial charge in [0.25, 0.3) is 0 Å². The topological polar surface area (TPSA) is 24.3 Å². The quantitative estimate of drug-likeness (QED) is 0.384. The summed E-state index contributed by atoms with van der Waals surface area (Å²) in [5, 5.41) is 0. The number of anilines is 2. The molecule has 2 heterocycles. The molecule has 0 saturated carbocycles. The fourth-order valence-corrected chi connectivity index (χ4v) is 4.72. The molecule has 0 fully saturated rings. The monoisotopic (exact) mass is 648 g/mol. The molecule has 7 heteroatoms. The van der Waals surface area contributed by atoms with E-state index in [9.17, 15) is 0 Å². The maximum Gasteiger partial charge on any atom is 2.00 e. The number of hydrogen-bond acceptors (Lipinski definition) is 3. The SMILES string of the molecule is CC(C)c1cccc(C(C)C)c1N1C=CN(c2c(C(C)C)cccc2C(C)C)C1.Cn1ccnc1.[Cl-].[Cl-].[Pd+2]. The first-order valence-electron chi connectivity index (χ1n) is 13.0. The van der Waals surface area contributed by atoms with Crippen LogP contribution < -0.4 is 34.6 Å². The van der Waals surface area contributed by atoms with Gasteiger partial charge in [0.1, 0.15) is 0 Å². The van der Waals surface area contributed by atoms with Crippen LogP contribution in [-0.2, 0) is 27.5 Å². The standard InChI is InChI=1S/C27H38N2.C4H6N2.2ClH.Pd/c1-18(2)22-11-9-12-23(19(3)4)26(22)28-15-16-29(17-28)27-24(20(5)6)13-10-14-25(27)21(7)8;1-6-3-2-5-4-6;;;/h9-16,18-21H,17H2,1-8H3;2-4H,1H3;2*1H;/q;;;;+2/p-2. The first-order chi connectivity index (χ1) is 16.6. The molecular formula is C31H44Cl2N4Pd. The first-order valence-corrected chi connectivity index (χ1v) is 13.0. The molecule has 0 saturated heterocycles. The fourth-order valence-electron chi connectivity index (χ4n) is 4.72. The van der Waals surface area contributed by atoms with E-state index in [-0.39, 0.29) is 45.2 Å². The van der Waals surface area contributed by atoms with Gasteiger partial charge in [-0.25, -0.2) is 4.98 Å². The van der Waals surface area contributed by atoms with E-state index in [1.165, 1.54) is 33.6 Å². The minimum absolute atomic E-state index is 0. The van der Waals surface area contributed by atoms with Crippen LogP contribution in [0.5, 0.6) is 0 Å². The van der Waals surface area contributed by atoms with Crippen molar-refractivity contribution in [1.29, 1.82) is 0 Å². The van der Waals surface area contributed by atoms with Crippen molar-refractivity contribution in [2.75, 3.05) is 16.5 Å². The van der Waals surface area contributed by atoms with E-state index in [4.69, 9.17) is 0 Å². The third kappa shape index (κ3) is 8.62. The summed E-state index contributed by atoms with van der Waals surface area (Å²) in [6.45, 7) is 19.2. The number of nitrogens with zero attached hydrogens (tertiary/aromatic N) is 4. The van der Waals surface area contributed by atoms with E-state index in [0.717, 1.165) is 6.67 Å². The van der Waals surface area contributed by atoms with Crippen molar-refractivity contribution < 1.29 is 45.2 Å². The summed E-state index contributed by atoms with van der Waals surface area (Å²) < 4.78 is 1.89. The molecule has 0 N–H and O–H groups in total. The van der Waals surface area contributed by atoms with Gasteiger partial charge in [-0.05, 0) is 45.9 Å². The summed E-state index contributed by atoms with van der Waals surface area (Å²) in [5.41, 5.74) is 8.52. The van der Waals surface area contributed by atoms with Gasteiger partial charge < -0.3 is 39.2 Å². The molecule has 38 heavy (non-hydrogen) atoms. The molecule has 1 aromatic heterocycles. The average Bonchev–Trinajstić information content (AvgIpc) is 3.50. The summed E-state index contributed by atoms with van der Waals surface area (Å²) in [6, 6.07) is 13.6. The van der Waals surface area contributed by atoms with Crippen LogP contribution in [0.4, 0.5) is 11.4 Å². The third-order valence-electron chi connectivity index (χ3n) is 6.63. The van der Waals surface area contributed by atoms with Crippen LogP contribution in [0.3, 0.4) is 0 Å². The molecule has 0 atom stereocenters. The van der Waals surface area contributed by atoms with Crippen molar-refractivity contribution >= 4 is 11.4 Å². The van der Waals surface area contributed by atoms with Crippen molar-refractivity contribution in [2.45, 2.75) is 79.1 Å². The number of hydrogen-bond donors (Lipinski definition) is 0. The van der Waals surface area contributed by atoms with Crippen LogP contribution in [0.1, 0.15) is 101 Å². The van der Waals surface area contributed by atoms with Crippen molar-refractivity contribution in [1.82, 2.24) is 9.55 Å². The van der Waals surface area contributed by atoms with Gasteiger partial charge in [0.05, 0.1) is 13.0 Å². The second-order valence-electron chi connectivity index (χ2n) is 10.8. The minimum Gasteiger partial charge on any atom is -1.00 e. The smallest absolute Gasteiger partial charge is 1.00 e. The molecular weight excluding hydrogens is 606 g/mol. The summed E-state index contributed by atoms with van der Waals surface area (Å²) in [6.07, 6.45) is 9.93. The molecule has 0 amide bonds. The van der Waals surface area contributed by atoms with E-state index in [1.54, 1.807) is 12.5 Å². The molecule has 0 unspecified atom stereocenters. The Hall–Kier alpha value is -1.77. The number of imidazole rings is 1. The Morgan fingerprint density at radius 2 is 0.974 bits per heavy atom. The molecule has 0 bridgehead atoms. The Labute approximate surface area is 257 Å². The Kier molecular flexibility index (Phi) is 15.6. The molecule has 0 radical (unpaired) electrons. The number of aryl methyl sites for hydroxylation is 1. The average molecular weight is 650 g/mol. The third-order valence-corrected chi connectivity index (χ3v) is 6.63. The normalized spacial score (nSPS) is 12.3. The number of rotatable bonds is 6. The van der Waals surface area contributed by atoms with E-state index in [0.29, 0.717) is 23.7 Å². The largest absolute Gasteiger partial charge is 2.00 e. The molecule has 1 aliphatic heterocycles. The molecule has 4 nitrogen and oxygen atoms in total. The molecule has 4 rings (SSSR count). The maximum absolute atomic E-state index is 3.78. The van der Waals surface area contributed by atoms with Crippen molar-refractivity contribution in [2.24, 2.45) is 7.05 Å². The first kappa shape index (κ1) is 36.2. The Balaban J connectivity index is 0.00000134. The minimum atomic E-state index is 0. The number of benzene rings is 2. The second-order valence-corrected chi connectivity index (χ2v) is 10.8. The van der Waals surface area contributed by atoms with Crippen molar-refractivity contribution in [3.63, 3.8) is 0 Å². The zero-order chi connectivity index (χ0) is 25.7. The van der Waals surface area contributed by atoms with Crippen LogP contribution in [0.2, 0.25) is 0 Å². The summed E-state index contributed by atoms with van der Waals surface area (Å²) in [4.78, 5) is 8.69. The van der Waals surface area contributed by atoms with Gasteiger partial charge in [-0.3, -0.25) is 0 Å². The van der Waals surface area contributed by atoms with Gasteiger partial charge >= 0.3 is 20.4 Å². The molecule has 212 valence electrons. The zero-order valence-corrected chi connectivity index (χ0v) is 27.3. The number of para-hydroxylation sites is 2. The Morgan fingerprint density at radius 1 is 0.632 bits per heavy atom. The molecule has 0 aliphatic carbocycles. The molecule has 3 aromatic rings. The van der Waals surface area contributed by atoms with Crippen LogP contribution in [0, 0.1) is 0 Å². The van der Waals surface area contributed by atoms with E-state index in [2.05, 4.69) is 119 Å². The van der Waals surface area contributed by atoms with Crippen LogP contribution in [0.15, 0.2) is 67.5 Å². The summed E-state index contributed by atoms with van der Waals surface area (Å²) in [7, 11) is 1.94. The molecule has 1 aliphatic rings. The van der Waals surface area contributed by atoms with Gasteiger partial charge in [-0.1, -0.05) is 91.8 Å². The number of aromatic nitrogens is 2. The van der Waals surface area contributed by atoms with Gasteiger partial charge in [0, 0.05) is 43.2 Å². The van der Waals surface area contributed by atoms with Gasteiger partial charge in [0.2, 0.25) is 0 Å². The van der Waals surface area contributed by atoms with Gasteiger partial charge in [-0.15, -0.1) is 0 Å². The summed E-state index contributed by atoms with van der Waals surface area (Å²) in [5.74, 6) is 2.00. The van der Waals surface area contributed by atoms with Crippen LogP contribution in [-0.4, -0.2) is 16.2 Å². The van der Waals surface area contributed by atoms with E-state index in [1.807, 2.05) is 17.8 Å². The maximum atomic E-state index is 3.78. The van der Waals surface area contributed by atoms with Gasteiger partial charge in [-0.2, -0.15) is 0 Å². The Morgan fingerprint density at radius 3 is 1.18 bits per heavy atom. The van der Waals surface area contributed by atoms with Crippen LogP contribution >= 0.6 is 0 Å². The molecule has 2 aromatic carbocycles. The predicted molar refractivity (Wildman–Crippen MR) is 151 cm³/mol. The zero-order valence-electron chi connectivity index (χ0n) is 24.2. The van der Waals surface area contributed by atoms with E-state index >= 15 is 0 Å². The Bertz CT molecular complexity index is 1000. The van der Waals surface area contributed by atoms with E-state index < -0.39 is 0 Å². The van der Waals surface area contributed by atoms with Crippen molar-refractivity contribution in [3.05, 3.63) is 89.8 Å².